The monoisotopic (exact) mass is 439 g/mol. The fourth-order valence-electron chi connectivity index (χ4n) is 3.81. The van der Waals surface area contributed by atoms with E-state index >= 15 is 0 Å². The van der Waals surface area contributed by atoms with Gasteiger partial charge in [0, 0.05) is 18.5 Å². The largest absolute Gasteiger partial charge is 0.508 e. The lowest BCUT2D eigenvalue weighted by Crippen LogP contribution is -2.24. The third-order valence-corrected chi connectivity index (χ3v) is 5.50. The van der Waals surface area contributed by atoms with Crippen LogP contribution >= 0.6 is 0 Å². The second-order valence-corrected chi connectivity index (χ2v) is 7.58. The Kier molecular flexibility index (Phi) is 7.76. The first-order chi connectivity index (χ1) is 15.5. The third-order valence-electron chi connectivity index (χ3n) is 5.50. The standard InChI is InChI=1S/C25H29NO6/c1-30-22-13-16-12-21(25(29)26-11-7-5-4-6-8-24(28)32-3)18-10-9-17(27)14-20(18)19(16)15-23(22)31-2/h9-10,12-15,27H,4-8,11H2,1-3H3,(H,26,29). The van der Waals surface area contributed by atoms with Crippen LogP contribution in [0, 0.1) is 0 Å². The summed E-state index contributed by atoms with van der Waals surface area (Å²) >= 11 is 0. The fourth-order valence-corrected chi connectivity index (χ4v) is 3.81. The van der Waals surface area contributed by atoms with E-state index in [1.165, 1.54) is 7.11 Å². The van der Waals surface area contributed by atoms with Gasteiger partial charge in [0.15, 0.2) is 11.5 Å². The van der Waals surface area contributed by atoms with Gasteiger partial charge in [-0.1, -0.05) is 12.8 Å². The van der Waals surface area contributed by atoms with Crippen molar-refractivity contribution in [2.24, 2.45) is 0 Å². The molecule has 2 N–H and O–H groups in total. The van der Waals surface area contributed by atoms with Crippen molar-refractivity contribution in [2.75, 3.05) is 27.9 Å². The Bertz CT molecular complexity index is 1120. The molecule has 0 unspecified atom stereocenters. The van der Waals surface area contributed by atoms with Gasteiger partial charge in [-0.25, -0.2) is 0 Å². The number of benzene rings is 3. The van der Waals surface area contributed by atoms with E-state index in [4.69, 9.17) is 9.47 Å². The fraction of sp³-hybridized carbons (Fsp3) is 0.360. The van der Waals surface area contributed by atoms with Gasteiger partial charge in [-0.05, 0) is 70.8 Å². The molecule has 0 spiro atoms. The number of ether oxygens (including phenoxy) is 3. The molecule has 170 valence electrons. The number of aromatic hydroxyl groups is 1. The van der Waals surface area contributed by atoms with E-state index in [2.05, 4.69) is 10.1 Å². The van der Waals surface area contributed by atoms with Crippen LogP contribution in [0.4, 0.5) is 0 Å². The SMILES string of the molecule is COC(=O)CCCCCCNC(=O)c1cc2cc(OC)c(OC)cc2c2cc(O)ccc12. The van der Waals surface area contributed by atoms with E-state index in [0.29, 0.717) is 30.0 Å². The second kappa shape index (κ2) is 10.7. The molecule has 0 bridgehead atoms. The van der Waals surface area contributed by atoms with Crippen molar-refractivity contribution >= 4 is 33.4 Å². The molecule has 0 aromatic heterocycles. The van der Waals surface area contributed by atoms with Crippen molar-refractivity contribution in [1.82, 2.24) is 5.32 Å². The minimum Gasteiger partial charge on any atom is -0.508 e. The minimum atomic E-state index is -0.193. The van der Waals surface area contributed by atoms with Crippen molar-refractivity contribution in [3.05, 3.63) is 42.0 Å². The first-order valence-corrected chi connectivity index (χ1v) is 10.6. The number of carbonyl (C=O) groups excluding carboxylic acids is 2. The average Bonchev–Trinajstić information content (AvgIpc) is 2.81. The van der Waals surface area contributed by atoms with E-state index in [9.17, 15) is 14.7 Å². The number of rotatable bonds is 10. The molecule has 0 saturated heterocycles. The van der Waals surface area contributed by atoms with E-state index in [1.807, 2.05) is 18.2 Å². The van der Waals surface area contributed by atoms with Crippen LogP contribution in [-0.4, -0.2) is 44.9 Å². The van der Waals surface area contributed by atoms with Crippen LogP contribution < -0.4 is 14.8 Å². The van der Waals surface area contributed by atoms with Crippen LogP contribution in [0.5, 0.6) is 17.2 Å². The summed E-state index contributed by atoms with van der Waals surface area (Å²) in [7, 11) is 4.53. The maximum absolute atomic E-state index is 13.0. The first-order valence-electron chi connectivity index (χ1n) is 10.6. The Balaban J connectivity index is 1.79. The molecule has 0 aliphatic rings. The number of hydrogen-bond donors (Lipinski definition) is 2. The summed E-state index contributed by atoms with van der Waals surface area (Å²) in [5.74, 6) is 0.902. The number of unbranched alkanes of at least 4 members (excludes halogenated alkanes) is 3. The Morgan fingerprint density at radius 1 is 0.844 bits per heavy atom. The van der Waals surface area contributed by atoms with E-state index in [1.54, 1.807) is 32.4 Å². The zero-order valence-corrected chi connectivity index (χ0v) is 18.7. The molecule has 1 amide bonds. The molecule has 7 heteroatoms. The lowest BCUT2D eigenvalue weighted by Gasteiger charge is -2.14. The normalized spacial score (nSPS) is 10.8. The maximum Gasteiger partial charge on any atom is 0.305 e. The van der Waals surface area contributed by atoms with E-state index < -0.39 is 0 Å². The molecule has 0 fully saturated rings. The number of phenols is 1. The topological polar surface area (TPSA) is 94.1 Å². The van der Waals surface area contributed by atoms with Gasteiger partial charge in [-0.15, -0.1) is 0 Å². The van der Waals surface area contributed by atoms with Crippen molar-refractivity contribution in [3.8, 4) is 17.2 Å². The first kappa shape index (κ1) is 23.2. The van der Waals surface area contributed by atoms with Gasteiger partial charge < -0.3 is 24.6 Å². The highest BCUT2D eigenvalue weighted by atomic mass is 16.5. The molecule has 7 nitrogen and oxygen atoms in total. The average molecular weight is 440 g/mol. The zero-order chi connectivity index (χ0) is 23.1. The molecular weight excluding hydrogens is 410 g/mol. The van der Waals surface area contributed by atoms with Crippen LogP contribution in [-0.2, 0) is 9.53 Å². The molecule has 32 heavy (non-hydrogen) atoms. The summed E-state index contributed by atoms with van der Waals surface area (Å²) < 4.78 is 15.5. The van der Waals surface area contributed by atoms with Crippen LogP contribution in [0.15, 0.2) is 36.4 Å². The molecule has 0 saturated carbocycles. The van der Waals surface area contributed by atoms with Gasteiger partial charge in [0.25, 0.3) is 5.91 Å². The van der Waals surface area contributed by atoms with Crippen molar-refractivity contribution in [1.29, 1.82) is 0 Å². The smallest absolute Gasteiger partial charge is 0.305 e. The Morgan fingerprint density at radius 2 is 1.56 bits per heavy atom. The van der Waals surface area contributed by atoms with Gasteiger partial charge in [-0.2, -0.15) is 0 Å². The molecular formula is C25H29NO6. The maximum atomic E-state index is 13.0. The van der Waals surface area contributed by atoms with Crippen LogP contribution in [0.2, 0.25) is 0 Å². The Hall–Kier alpha value is -3.48. The highest BCUT2D eigenvalue weighted by Gasteiger charge is 2.16. The summed E-state index contributed by atoms with van der Waals surface area (Å²) in [5, 5.41) is 16.2. The van der Waals surface area contributed by atoms with E-state index in [-0.39, 0.29) is 17.6 Å². The number of carbonyl (C=O) groups is 2. The molecule has 3 aromatic carbocycles. The lowest BCUT2D eigenvalue weighted by atomic mass is 9.96. The van der Waals surface area contributed by atoms with Crippen molar-refractivity contribution in [2.45, 2.75) is 32.1 Å². The van der Waals surface area contributed by atoms with Crippen molar-refractivity contribution in [3.63, 3.8) is 0 Å². The number of esters is 1. The molecule has 0 aliphatic carbocycles. The van der Waals surface area contributed by atoms with E-state index in [0.717, 1.165) is 47.2 Å². The van der Waals surface area contributed by atoms with Crippen LogP contribution in [0.25, 0.3) is 21.5 Å². The quantitative estimate of drug-likeness (QED) is 0.273. The molecule has 3 rings (SSSR count). The molecule has 0 heterocycles. The van der Waals surface area contributed by atoms with Gasteiger partial charge in [-0.3, -0.25) is 9.59 Å². The van der Waals surface area contributed by atoms with Crippen molar-refractivity contribution < 1.29 is 28.9 Å². The predicted octanol–water partition coefficient (Wildman–Crippen LogP) is 4.57. The van der Waals surface area contributed by atoms with Gasteiger partial charge in [0.2, 0.25) is 0 Å². The summed E-state index contributed by atoms with van der Waals surface area (Å²) in [6.45, 7) is 0.542. The number of nitrogens with one attached hydrogen (secondary N) is 1. The number of amides is 1. The summed E-state index contributed by atoms with van der Waals surface area (Å²) in [5.41, 5.74) is 0.533. The Labute approximate surface area is 187 Å². The molecule has 0 atom stereocenters. The number of phenolic OH excluding ortho intramolecular Hbond substituents is 1. The summed E-state index contributed by atoms with van der Waals surface area (Å²) in [6.07, 6.45) is 3.85. The lowest BCUT2D eigenvalue weighted by molar-refractivity contribution is -0.140. The highest BCUT2D eigenvalue weighted by Crippen LogP contribution is 2.38. The number of methoxy groups -OCH3 is 3. The summed E-state index contributed by atoms with van der Waals surface area (Å²) in [6, 6.07) is 10.5. The highest BCUT2D eigenvalue weighted by molar-refractivity contribution is 6.17. The Morgan fingerprint density at radius 3 is 2.28 bits per heavy atom. The zero-order valence-electron chi connectivity index (χ0n) is 18.7. The third kappa shape index (κ3) is 5.22. The van der Waals surface area contributed by atoms with Gasteiger partial charge in [0.05, 0.1) is 21.3 Å². The minimum absolute atomic E-state index is 0.123. The number of fused-ring (bicyclic) bond motifs is 3. The van der Waals surface area contributed by atoms with Gasteiger partial charge in [0.1, 0.15) is 5.75 Å². The summed E-state index contributed by atoms with van der Waals surface area (Å²) in [4.78, 5) is 24.1. The van der Waals surface area contributed by atoms with Crippen LogP contribution in [0.3, 0.4) is 0 Å². The molecule has 3 aromatic rings. The second-order valence-electron chi connectivity index (χ2n) is 7.58. The number of hydrogen-bond acceptors (Lipinski definition) is 6. The predicted molar refractivity (Wildman–Crippen MR) is 124 cm³/mol. The molecule has 0 radical (unpaired) electrons. The molecule has 0 aliphatic heterocycles. The van der Waals surface area contributed by atoms with Crippen LogP contribution in [0.1, 0.15) is 42.5 Å². The van der Waals surface area contributed by atoms with Gasteiger partial charge >= 0.3 is 5.97 Å².